The molecule has 0 radical (unpaired) electrons. The number of hydrogen-bond acceptors (Lipinski definition) is 2. The quantitative estimate of drug-likeness (QED) is 0.901. The molecule has 0 aliphatic carbocycles. The van der Waals surface area contributed by atoms with E-state index in [1.54, 1.807) is 13.1 Å². The average molecular weight is 275 g/mol. The SMILES string of the molecule is CCn1cc(Br)cc1C(=O)N(C)CCO. The van der Waals surface area contributed by atoms with Gasteiger partial charge >= 0.3 is 0 Å². The molecule has 0 aliphatic rings. The van der Waals surface area contributed by atoms with E-state index in [-0.39, 0.29) is 12.5 Å². The number of rotatable bonds is 4. The van der Waals surface area contributed by atoms with Crippen LogP contribution in [0, 0.1) is 0 Å². The summed E-state index contributed by atoms with van der Waals surface area (Å²) in [5.74, 6) is -0.0726. The summed E-state index contributed by atoms with van der Waals surface area (Å²) in [5, 5.41) is 8.75. The monoisotopic (exact) mass is 274 g/mol. The number of aliphatic hydroxyl groups is 1. The smallest absolute Gasteiger partial charge is 0.270 e. The van der Waals surface area contributed by atoms with Crippen LogP contribution in [0.4, 0.5) is 0 Å². The first-order chi connectivity index (χ1) is 7.10. The summed E-state index contributed by atoms with van der Waals surface area (Å²) in [6.07, 6.45) is 1.88. The third-order valence-corrected chi connectivity index (χ3v) is 2.64. The Morgan fingerprint density at radius 3 is 2.87 bits per heavy atom. The van der Waals surface area contributed by atoms with Crippen molar-refractivity contribution in [3.8, 4) is 0 Å². The van der Waals surface area contributed by atoms with Crippen molar-refractivity contribution in [3.05, 3.63) is 22.4 Å². The number of nitrogens with zero attached hydrogens (tertiary/aromatic N) is 2. The highest BCUT2D eigenvalue weighted by atomic mass is 79.9. The number of carbonyl (C=O) groups excluding carboxylic acids is 1. The minimum atomic E-state index is -0.0726. The van der Waals surface area contributed by atoms with Crippen LogP contribution in [-0.4, -0.2) is 40.7 Å². The molecule has 0 atom stereocenters. The topological polar surface area (TPSA) is 45.5 Å². The Labute approximate surface area is 97.6 Å². The van der Waals surface area contributed by atoms with Crippen molar-refractivity contribution in [2.24, 2.45) is 0 Å². The van der Waals surface area contributed by atoms with Crippen molar-refractivity contribution in [3.63, 3.8) is 0 Å². The molecule has 1 rings (SSSR count). The molecule has 4 nitrogen and oxygen atoms in total. The van der Waals surface area contributed by atoms with Crippen molar-refractivity contribution >= 4 is 21.8 Å². The number of carbonyl (C=O) groups is 1. The van der Waals surface area contributed by atoms with Gasteiger partial charge in [0, 0.05) is 30.8 Å². The summed E-state index contributed by atoms with van der Waals surface area (Å²) < 4.78 is 2.77. The van der Waals surface area contributed by atoms with Gasteiger partial charge in [-0.3, -0.25) is 4.79 Å². The maximum atomic E-state index is 11.9. The molecule has 0 saturated heterocycles. The maximum Gasteiger partial charge on any atom is 0.270 e. The molecule has 1 amide bonds. The minimum Gasteiger partial charge on any atom is -0.395 e. The number of likely N-dealkylation sites (N-methyl/N-ethyl adjacent to an activating group) is 1. The van der Waals surface area contributed by atoms with E-state index in [2.05, 4.69) is 15.9 Å². The number of aliphatic hydroxyl groups excluding tert-OH is 1. The zero-order valence-electron chi connectivity index (χ0n) is 8.90. The molecule has 0 aliphatic heterocycles. The van der Waals surface area contributed by atoms with Gasteiger partial charge in [0.25, 0.3) is 5.91 Å². The van der Waals surface area contributed by atoms with Crippen molar-refractivity contribution in [1.82, 2.24) is 9.47 Å². The standard InChI is InChI=1S/C10H15BrN2O2/c1-3-13-7-8(11)6-9(13)10(15)12(2)4-5-14/h6-7,14H,3-5H2,1-2H3. The summed E-state index contributed by atoms with van der Waals surface area (Å²) in [5.41, 5.74) is 0.639. The van der Waals surface area contributed by atoms with Crippen LogP contribution in [0.25, 0.3) is 0 Å². The molecule has 0 aromatic carbocycles. The zero-order chi connectivity index (χ0) is 11.4. The Hall–Kier alpha value is -0.810. The summed E-state index contributed by atoms with van der Waals surface area (Å²) in [6.45, 7) is 3.07. The lowest BCUT2D eigenvalue weighted by Gasteiger charge is -2.16. The molecule has 15 heavy (non-hydrogen) atoms. The van der Waals surface area contributed by atoms with E-state index >= 15 is 0 Å². The Balaban J connectivity index is 2.89. The average Bonchev–Trinajstić information content (AvgIpc) is 2.58. The second-order valence-electron chi connectivity index (χ2n) is 3.28. The molecule has 1 N–H and O–H groups in total. The molecule has 5 heteroatoms. The number of aromatic nitrogens is 1. The molecule has 1 aromatic rings. The largest absolute Gasteiger partial charge is 0.395 e. The van der Waals surface area contributed by atoms with E-state index in [1.165, 1.54) is 4.90 Å². The van der Waals surface area contributed by atoms with E-state index in [0.29, 0.717) is 12.2 Å². The molecule has 0 spiro atoms. The first kappa shape index (κ1) is 12.3. The van der Waals surface area contributed by atoms with E-state index in [1.807, 2.05) is 17.7 Å². The van der Waals surface area contributed by atoms with Crippen molar-refractivity contribution in [1.29, 1.82) is 0 Å². The van der Waals surface area contributed by atoms with Crippen LogP contribution >= 0.6 is 15.9 Å². The Bertz CT molecular complexity index is 349. The molecular weight excluding hydrogens is 260 g/mol. The van der Waals surface area contributed by atoms with Crippen molar-refractivity contribution in [2.75, 3.05) is 20.2 Å². The normalized spacial score (nSPS) is 10.4. The van der Waals surface area contributed by atoms with Gasteiger partial charge in [-0.2, -0.15) is 0 Å². The Kier molecular flexibility index (Phi) is 4.35. The van der Waals surface area contributed by atoms with E-state index < -0.39 is 0 Å². The van der Waals surface area contributed by atoms with Crippen LogP contribution in [0.15, 0.2) is 16.7 Å². The third-order valence-electron chi connectivity index (χ3n) is 2.21. The van der Waals surface area contributed by atoms with Gasteiger partial charge in [-0.25, -0.2) is 0 Å². The summed E-state index contributed by atoms with van der Waals surface area (Å²) in [4.78, 5) is 13.4. The lowest BCUT2D eigenvalue weighted by Crippen LogP contribution is -2.31. The highest BCUT2D eigenvalue weighted by molar-refractivity contribution is 9.10. The first-order valence-corrected chi connectivity index (χ1v) is 5.61. The van der Waals surface area contributed by atoms with Gasteiger partial charge < -0.3 is 14.6 Å². The van der Waals surface area contributed by atoms with Crippen molar-refractivity contribution < 1.29 is 9.90 Å². The van der Waals surface area contributed by atoms with Gasteiger partial charge in [-0.05, 0) is 28.9 Å². The van der Waals surface area contributed by atoms with Gasteiger partial charge in [0.2, 0.25) is 0 Å². The molecule has 0 unspecified atom stereocenters. The fourth-order valence-electron chi connectivity index (χ4n) is 1.36. The molecule has 0 bridgehead atoms. The molecule has 0 fully saturated rings. The van der Waals surface area contributed by atoms with Gasteiger partial charge in [0.05, 0.1) is 6.61 Å². The van der Waals surface area contributed by atoms with Gasteiger partial charge in [-0.15, -0.1) is 0 Å². The predicted molar refractivity (Wildman–Crippen MR) is 61.9 cm³/mol. The van der Waals surface area contributed by atoms with E-state index in [0.717, 1.165) is 11.0 Å². The lowest BCUT2D eigenvalue weighted by atomic mass is 10.3. The fraction of sp³-hybridized carbons (Fsp3) is 0.500. The third kappa shape index (κ3) is 2.82. The zero-order valence-corrected chi connectivity index (χ0v) is 10.5. The van der Waals surface area contributed by atoms with E-state index in [9.17, 15) is 4.79 Å². The van der Waals surface area contributed by atoms with E-state index in [4.69, 9.17) is 5.11 Å². The molecule has 84 valence electrons. The molecule has 0 saturated carbocycles. The number of hydrogen-bond donors (Lipinski definition) is 1. The number of aryl methyl sites for hydroxylation is 1. The Morgan fingerprint density at radius 2 is 2.33 bits per heavy atom. The second-order valence-corrected chi connectivity index (χ2v) is 4.20. The lowest BCUT2D eigenvalue weighted by molar-refractivity contribution is 0.0756. The second kappa shape index (κ2) is 5.32. The summed E-state index contributed by atoms with van der Waals surface area (Å²) in [6, 6.07) is 1.79. The minimum absolute atomic E-state index is 0.0176. The first-order valence-electron chi connectivity index (χ1n) is 4.82. The predicted octanol–water partition coefficient (Wildman–Crippen LogP) is 1.33. The number of amides is 1. The van der Waals surface area contributed by atoms with Crippen molar-refractivity contribution in [2.45, 2.75) is 13.5 Å². The van der Waals surface area contributed by atoms with Crippen LogP contribution < -0.4 is 0 Å². The fourth-order valence-corrected chi connectivity index (χ4v) is 1.83. The molecule has 1 heterocycles. The van der Waals surface area contributed by atoms with Gasteiger partial charge in [-0.1, -0.05) is 0 Å². The van der Waals surface area contributed by atoms with Gasteiger partial charge in [0.1, 0.15) is 5.69 Å². The van der Waals surface area contributed by atoms with Crippen LogP contribution in [0.1, 0.15) is 17.4 Å². The molecular formula is C10H15BrN2O2. The highest BCUT2D eigenvalue weighted by Gasteiger charge is 2.15. The van der Waals surface area contributed by atoms with Crippen LogP contribution in [0.3, 0.4) is 0 Å². The van der Waals surface area contributed by atoms with Crippen LogP contribution in [0.2, 0.25) is 0 Å². The summed E-state index contributed by atoms with van der Waals surface area (Å²) in [7, 11) is 1.68. The highest BCUT2D eigenvalue weighted by Crippen LogP contribution is 2.16. The van der Waals surface area contributed by atoms with Gasteiger partial charge in [0.15, 0.2) is 0 Å². The molecule has 1 aromatic heterocycles. The summed E-state index contributed by atoms with van der Waals surface area (Å²) >= 11 is 3.34. The van der Waals surface area contributed by atoms with Crippen LogP contribution in [-0.2, 0) is 6.54 Å². The van der Waals surface area contributed by atoms with Crippen LogP contribution in [0.5, 0.6) is 0 Å². The Morgan fingerprint density at radius 1 is 1.67 bits per heavy atom. The maximum absolute atomic E-state index is 11.9. The number of halogens is 1.